The Morgan fingerprint density at radius 2 is 1.75 bits per heavy atom. The number of hydrogen-bond donors (Lipinski definition) is 1. The molecule has 0 aliphatic heterocycles. The normalized spacial score (nSPS) is 12.3. The molecule has 2 rings (SSSR count). The molecule has 0 unspecified atom stereocenters. The lowest BCUT2D eigenvalue weighted by molar-refractivity contribution is -0.142. The SMILES string of the molecule is CC[C@H](C(=O)NC(C)(C)C)N(Cc1ccccc1C)C(=O)CCCSc1ccc(Cl)cc1. The summed E-state index contributed by atoms with van der Waals surface area (Å²) in [5.74, 6) is 0.745. The molecule has 174 valence electrons. The van der Waals surface area contributed by atoms with Crippen LogP contribution < -0.4 is 5.32 Å². The van der Waals surface area contributed by atoms with E-state index in [0.29, 0.717) is 19.4 Å². The molecule has 0 aliphatic carbocycles. The van der Waals surface area contributed by atoms with Gasteiger partial charge in [-0.05, 0) is 81.7 Å². The van der Waals surface area contributed by atoms with Crippen molar-refractivity contribution in [3.05, 3.63) is 64.7 Å². The van der Waals surface area contributed by atoms with Crippen molar-refractivity contribution in [1.29, 1.82) is 0 Å². The summed E-state index contributed by atoms with van der Waals surface area (Å²) in [6.45, 7) is 10.3. The highest BCUT2D eigenvalue weighted by Crippen LogP contribution is 2.22. The predicted octanol–water partition coefficient (Wildman–Crippen LogP) is 6.24. The van der Waals surface area contributed by atoms with E-state index in [4.69, 9.17) is 11.6 Å². The fraction of sp³-hybridized carbons (Fsp3) is 0.462. The third-order valence-electron chi connectivity index (χ3n) is 5.10. The number of carbonyl (C=O) groups excluding carboxylic acids is 2. The molecule has 0 bridgehead atoms. The molecule has 2 aromatic carbocycles. The average molecular weight is 475 g/mol. The quantitative estimate of drug-likeness (QED) is 0.327. The summed E-state index contributed by atoms with van der Waals surface area (Å²) in [5, 5.41) is 3.77. The summed E-state index contributed by atoms with van der Waals surface area (Å²) in [4.78, 5) is 29.2. The van der Waals surface area contributed by atoms with Gasteiger partial charge in [0.05, 0.1) is 0 Å². The van der Waals surface area contributed by atoms with Gasteiger partial charge in [0.25, 0.3) is 0 Å². The summed E-state index contributed by atoms with van der Waals surface area (Å²) >= 11 is 7.65. The van der Waals surface area contributed by atoms with E-state index in [9.17, 15) is 9.59 Å². The Morgan fingerprint density at radius 3 is 2.34 bits per heavy atom. The number of benzene rings is 2. The van der Waals surface area contributed by atoms with Gasteiger partial charge >= 0.3 is 0 Å². The molecule has 0 aliphatic rings. The fourth-order valence-electron chi connectivity index (χ4n) is 3.43. The Kier molecular flexibility index (Phi) is 10.1. The molecule has 0 radical (unpaired) electrons. The molecule has 2 aromatic rings. The second kappa shape index (κ2) is 12.3. The molecular formula is C26H35ClN2O2S. The van der Waals surface area contributed by atoms with E-state index in [0.717, 1.165) is 33.2 Å². The molecule has 0 saturated carbocycles. The standard InChI is InChI=1S/C26H35ClN2O2S/c1-6-23(25(31)28-26(3,4)5)29(18-20-11-8-7-10-19(20)2)24(30)12-9-17-32-22-15-13-21(27)14-16-22/h7-8,10-11,13-16,23H,6,9,12,17-18H2,1-5H3,(H,28,31)/t23-/m1/s1. The monoisotopic (exact) mass is 474 g/mol. The van der Waals surface area contributed by atoms with Gasteiger partial charge in [0.15, 0.2) is 0 Å². The van der Waals surface area contributed by atoms with Crippen molar-refractivity contribution in [3.8, 4) is 0 Å². The third kappa shape index (κ3) is 8.51. The van der Waals surface area contributed by atoms with Crippen LogP contribution >= 0.6 is 23.4 Å². The number of hydrogen-bond acceptors (Lipinski definition) is 3. The molecule has 32 heavy (non-hydrogen) atoms. The highest BCUT2D eigenvalue weighted by Gasteiger charge is 2.30. The lowest BCUT2D eigenvalue weighted by Gasteiger charge is -2.33. The van der Waals surface area contributed by atoms with Crippen molar-refractivity contribution in [1.82, 2.24) is 10.2 Å². The Balaban J connectivity index is 2.09. The smallest absolute Gasteiger partial charge is 0.243 e. The van der Waals surface area contributed by atoms with Crippen LogP contribution in [0.4, 0.5) is 0 Å². The van der Waals surface area contributed by atoms with Gasteiger partial charge in [0.1, 0.15) is 6.04 Å². The van der Waals surface area contributed by atoms with E-state index in [2.05, 4.69) is 5.32 Å². The Hall–Kier alpha value is -1.98. The van der Waals surface area contributed by atoms with Crippen LogP contribution in [0.1, 0.15) is 58.1 Å². The van der Waals surface area contributed by atoms with E-state index in [1.165, 1.54) is 0 Å². The number of thioether (sulfide) groups is 1. The first-order chi connectivity index (χ1) is 15.1. The molecular weight excluding hydrogens is 440 g/mol. The van der Waals surface area contributed by atoms with Crippen LogP contribution in [0.5, 0.6) is 0 Å². The Labute approximate surface area is 202 Å². The van der Waals surface area contributed by atoms with Crippen LogP contribution in [0.2, 0.25) is 5.02 Å². The molecule has 0 heterocycles. The number of aryl methyl sites for hydroxylation is 1. The van der Waals surface area contributed by atoms with Crippen molar-refractivity contribution in [2.24, 2.45) is 0 Å². The van der Waals surface area contributed by atoms with Gasteiger partial charge in [-0.1, -0.05) is 42.8 Å². The van der Waals surface area contributed by atoms with Crippen LogP contribution in [0, 0.1) is 6.92 Å². The largest absolute Gasteiger partial charge is 0.350 e. The first kappa shape index (κ1) is 26.3. The minimum atomic E-state index is -0.495. The summed E-state index contributed by atoms with van der Waals surface area (Å²) in [5.41, 5.74) is 1.84. The van der Waals surface area contributed by atoms with Gasteiger partial charge in [-0.3, -0.25) is 9.59 Å². The van der Waals surface area contributed by atoms with Crippen LogP contribution in [0.15, 0.2) is 53.4 Å². The fourth-order valence-corrected chi connectivity index (χ4v) is 4.41. The molecule has 4 nitrogen and oxygen atoms in total. The van der Waals surface area contributed by atoms with Gasteiger partial charge in [-0.15, -0.1) is 11.8 Å². The zero-order chi connectivity index (χ0) is 23.7. The maximum absolute atomic E-state index is 13.3. The topological polar surface area (TPSA) is 49.4 Å². The van der Waals surface area contributed by atoms with E-state index >= 15 is 0 Å². The number of amides is 2. The molecule has 2 amide bonds. The number of halogens is 1. The zero-order valence-electron chi connectivity index (χ0n) is 19.8. The van der Waals surface area contributed by atoms with E-state index < -0.39 is 6.04 Å². The lowest BCUT2D eigenvalue weighted by atomic mass is 10.0. The molecule has 0 saturated heterocycles. The van der Waals surface area contributed by atoms with Crippen LogP contribution in [0.3, 0.4) is 0 Å². The average Bonchev–Trinajstić information content (AvgIpc) is 2.72. The lowest BCUT2D eigenvalue weighted by Crippen LogP contribution is -2.53. The minimum Gasteiger partial charge on any atom is -0.350 e. The number of carbonyl (C=O) groups is 2. The Bertz CT molecular complexity index is 893. The second-order valence-electron chi connectivity index (χ2n) is 9.02. The maximum Gasteiger partial charge on any atom is 0.243 e. The molecule has 6 heteroatoms. The van der Waals surface area contributed by atoms with Crippen molar-refractivity contribution < 1.29 is 9.59 Å². The van der Waals surface area contributed by atoms with Crippen LogP contribution in [-0.4, -0.2) is 34.0 Å². The maximum atomic E-state index is 13.3. The molecule has 1 N–H and O–H groups in total. The molecule has 1 atom stereocenters. The summed E-state index contributed by atoms with van der Waals surface area (Å²) in [7, 11) is 0. The van der Waals surface area contributed by atoms with Crippen molar-refractivity contribution >= 4 is 35.2 Å². The van der Waals surface area contributed by atoms with Crippen LogP contribution in [-0.2, 0) is 16.1 Å². The highest BCUT2D eigenvalue weighted by atomic mass is 35.5. The van der Waals surface area contributed by atoms with E-state index in [1.54, 1.807) is 16.7 Å². The van der Waals surface area contributed by atoms with Crippen LogP contribution in [0.25, 0.3) is 0 Å². The van der Waals surface area contributed by atoms with Crippen molar-refractivity contribution in [2.75, 3.05) is 5.75 Å². The summed E-state index contributed by atoms with van der Waals surface area (Å²) in [6, 6.07) is 15.3. The molecule has 0 aromatic heterocycles. The number of nitrogens with one attached hydrogen (secondary N) is 1. The Morgan fingerprint density at radius 1 is 1.09 bits per heavy atom. The van der Waals surface area contributed by atoms with Gasteiger partial charge < -0.3 is 10.2 Å². The first-order valence-corrected chi connectivity index (χ1v) is 12.5. The van der Waals surface area contributed by atoms with Gasteiger partial charge in [0, 0.05) is 28.4 Å². The van der Waals surface area contributed by atoms with Gasteiger partial charge in [-0.2, -0.15) is 0 Å². The van der Waals surface area contributed by atoms with E-state index in [-0.39, 0.29) is 17.4 Å². The number of rotatable bonds is 10. The second-order valence-corrected chi connectivity index (χ2v) is 10.6. The summed E-state index contributed by atoms with van der Waals surface area (Å²) in [6.07, 6.45) is 1.72. The first-order valence-electron chi connectivity index (χ1n) is 11.1. The van der Waals surface area contributed by atoms with Crippen molar-refractivity contribution in [3.63, 3.8) is 0 Å². The van der Waals surface area contributed by atoms with Crippen molar-refractivity contribution in [2.45, 2.75) is 76.9 Å². The molecule has 0 fully saturated rings. The summed E-state index contributed by atoms with van der Waals surface area (Å²) < 4.78 is 0. The number of nitrogens with zero attached hydrogens (tertiary/aromatic N) is 1. The predicted molar refractivity (Wildman–Crippen MR) is 135 cm³/mol. The highest BCUT2D eigenvalue weighted by molar-refractivity contribution is 7.99. The van der Waals surface area contributed by atoms with Gasteiger partial charge in [0.2, 0.25) is 11.8 Å². The zero-order valence-corrected chi connectivity index (χ0v) is 21.4. The molecule has 0 spiro atoms. The third-order valence-corrected chi connectivity index (χ3v) is 6.45. The van der Waals surface area contributed by atoms with Gasteiger partial charge in [-0.25, -0.2) is 0 Å². The van der Waals surface area contributed by atoms with E-state index in [1.807, 2.05) is 83.1 Å². The minimum absolute atomic E-state index is 0.0147.